The van der Waals surface area contributed by atoms with Gasteiger partial charge < -0.3 is 9.88 Å². The highest BCUT2D eigenvalue weighted by molar-refractivity contribution is 7.14. The summed E-state index contributed by atoms with van der Waals surface area (Å²) in [5.41, 5.74) is 0.727. The lowest BCUT2D eigenvalue weighted by molar-refractivity contribution is 0.0732. The van der Waals surface area contributed by atoms with E-state index in [-0.39, 0.29) is 22.3 Å². The molecule has 1 aliphatic heterocycles. The summed E-state index contributed by atoms with van der Waals surface area (Å²) in [6.07, 6.45) is -1.04. The molecule has 0 spiro atoms. The number of hydrogen-bond donors (Lipinski definition) is 1. The number of halogens is 3. The third-order valence-corrected chi connectivity index (χ3v) is 4.73. The van der Waals surface area contributed by atoms with Gasteiger partial charge in [-0.3, -0.25) is 9.59 Å². The third kappa shape index (κ3) is 2.61. The summed E-state index contributed by atoms with van der Waals surface area (Å²) in [6.45, 7) is 0.405. The molecule has 0 aromatic carbocycles. The molecule has 2 aromatic heterocycles. The molecule has 10 heteroatoms. The lowest BCUT2D eigenvalue weighted by Crippen LogP contribution is -2.39. The highest BCUT2D eigenvalue weighted by Gasteiger charge is 2.28. The van der Waals surface area contributed by atoms with Gasteiger partial charge in [0.1, 0.15) is 10.0 Å². The van der Waals surface area contributed by atoms with Crippen LogP contribution in [0.5, 0.6) is 0 Å². The fourth-order valence-electron chi connectivity index (χ4n) is 2.20. The number of H-pyrrole nitrogens is 1. The molecule has 0 saturated carbocycles. The van der Waals surface area contributed by atoms with Gasteiger partial charge in [-0.1, -0.05) is 11.6 Å². The van der Waals surface area contributed by atoms with E-state index in [1.54, 1.807) is 0 Å². The van der Waals surface area contributed by atoms with E-state index >= 15 is 0 Å². The van der Waals surface area contributed by atoms with Crippen molar-refractivity contribution in [3.63, 3.8) is 0 Å². The van der Waals surface area contributed by atoms with E-state index in [0.29, 0.717) is 35.6 Å². The number of fused-ring (bicyclic) bond motifs is 1. The maximum absolute atomic E-state index is 12.7. The van der Waals surface area contributed by atoms with Gasteiger partial charge in [0.15, 0.2) is 5.01 Å². The van der Waals surface area contributed by atoms with Crippen LogP contribution in [0.3, 0.4) is 0 Å². The largest absolute Gasteiger partial charge is 0.332 e. The number of amides is 1. The molecule has 0 saturated heterocycles. The van der Waals surface area contributed by atoms with E-state index in [4.69, 9.17) is 11.6 Å². The molecule has 6 nitrogen and oxygen atoms in total. The Hall–Kier alpha value is -1.87. The molecule has 3 rings (SSSR count). The van der Waals surface area contributed by atoms with E-state index in [1.165, 1.54) is 11.2 Å². The first-order valence-corrected chi connectivity index (χ1v) is 7.46. The fraction of sp³-hybridized carbons (Fsp3) is 0.333. The van der Waals surface area contributed by atoms with Crippen LogP contribution < -0.4 is 5.56 Å². The molecule has 0 radical (unpaired) electrons. The summed E-state index contributed by atoms with van der Waals surface area (Å²) >= 11 is 6.18. The molecule has 0 unspecified atom stereocenters. The van der Waals surface area contributed by atoms with Crippen LogP contribution in [0.1, 0.15) is 32.4 Å². The highest BCUT2D eigenvalue weighted by atomic mass is 35.5. The van der Waals surface area contributed by atoms with Gasteiger partial charge in [-0.2, -0.15) is 0 Å². The summed E-state index contributed by atoms with van der Waals surface area (Å²) < 4.78 is 25.4. The summed E-state index contributed by atoms with van der Waals surface area (Å²) in [4.78, 5) is 35.3. The predicted molar refractivity (Wildman–Crippen MR) is 75.4 cm³/mol. The Morgan fingerprint density at radius 1 is 1.50 bits per heavy atom. The molecule has 2 aromatic rings. The number of hydrogen-bond acceptors (Lipinski definition) is 5. The standard InChI is InChI=1S/C12H9ClF2N4O2S/c13-8-7(9(14)15)22-11(18-8)12(21)19-2-1-6-5(3-19)10(20)17-4-16-6/h4,9H,1-3H2,(H,16,17,20). The molecular weight excluding hydrogens is 338 g/mol. The first kappa shape index (κ1) is 15.0. The van der Waals surface area contributed by atoms with Crippen molar-refractivity contribution < 1.29 is 13.6 Å². The van der Waals surface area contributed by atoms with Crippen molar-refractivity contribution in [1.82, 2.24) is 19.9 Å². The van der Waals surface area contributed by atoms with Gasteiger partial charge in [0.05, 0.1) is 24.1 Å². The minimum Gasteiger partial charge on any atom is -0.332 e. The van der Waals surface area contributed by atoms with Crippen LogP contribution in [-0.2, 0) is 13.0 Å². The Labute approximate surface area is 131 Å². The van der Waals surface area contributed by atoms with E-state index in [9.17, 15) is 18.4 Å². The van der Waals surface area contributed by atoms with Crippen LogP contribution in [0.15, 0.2) is 11.1 Å². The molecular formula is C12H9ClF2N4O2S. The van der Waals surface area contributed by atoms with Gasteiger partial charge in [-0.15, -0.1) is 11.3 Å². The Kier molecular flexibility index (Phi) is 3.92. The minimum atomic E-state index is -2.78. The number of aromatic nitrogens is 3. The van der Waals surface area contributed by atoms with Crippen molar-refractivity contribution in [3.8, 4) is 0 Å². The first-order chi connectivity index (χ1) is 10.5. The van der Waals surface area contributed by atoms with Gasteiger partial charge in [-0.25, -0.2) is 18.7 Å². The Morgan fingerprint density at radius 2 is 2.27 bits per heavy atom. The smallest absolute Gasteiger partial charge is 0.283 e. The monoisotopic (exact) mass is 346 g/mol. The maximum atomic E-state index is 12.7. The molecule has 1 amide bonds. The summed E-state index contributed by atoms with van der Waals surface area (Å²) in [6, 6.07) is 0. The van der Waals surface area contributed by atoms with Crippen LogP contribution in [0.2, 0.25) is 5.15 Å². The summed E-state index contributed by atoms with van der Waals surface area (Å²) in [5, 5.41) is -0.468. The molecule has 1 aliphatic rings. The minimum absolute atomic E-state index is 0.0680. The molecule has 1 N–H and O–H groups in total. The van der Waals surface area contributed by atoms with Gasteiger partial charge >= 0.3 is 0 Å². The number of carbonyl (C=O) groups is 1. The fourth-order valence-corrected chi connectivity index (χ4v) is 3.32. The van der Waals surface area contributed by atoms with Gasteiger partial charge in [0.25, 0.3) is 17.9 Å². The van der Waals surface area contributed by atoms with Gasteiger partial charge in [-0.05, 0) is 0 Å². The van der Waals surface area contributed by atoms with Crippen molar-refractivity contribution in [2.45, 2.75) is 19.4 Å². The van der Waals surface area contributed by atoms with E-state index in [0.717, 1.165) is 0 Å². The number of nitrogens with zero attached hydrogens (tertiary/aromatic N) is 3. The second-order valence-electron chi connectivity index (χ2n) is 4.61. The average molecular weight is 347 g/mol. The third-order valence-electron chi connectivity index (χ3n) is 3.28. The van der Waals surface area contributed by atoms with E-state index < -0.39 is 17.2 Å². The SMILES string of the molecule is O=C(c1nc(Cl)c(C(F)F)s1)N1CCc2nc[nH]c(=O)c2C1. The predicted octanol–water partition coefficient (Wildman–Crippen LogP) is 2.02. The molecule has 116 valence electrons. The highest BCUT2D eigenvalue weighted by Crippen LogP contribution is 2.33. The van der Waals surface area contributed by atoms with Crippen LogP contribution in [-0.4, -0.2) is 32.3 Å². The van der Waals surface area contributed by atoms with Crippen LogP contribution in [0, 0.1) is 0 Å². The summed E-state index contributed by atoms with van der Waals surface area (Å²) in [7, 11) is 0. The number of alkyl halides is 2. The number of aromatic amines is 1. The molecule has 3 heterocycles. The molecule has 0 aliphatic carbocycles. The van der Waals surface area contributed by atoms with E-state index in [1.807, 2.05) is 0 Å². The zero-order valence-corrected chi connectivity index (χ0v) is 12.5. The van der Waals surface area contributed by atoms with Crippen LogP contribution in [0.25, 0.3) is 0 Å². The van der Waals surface area contributed by atoms with E-state index in [2.05, 4.69) is 15.0 Å². The second-order valence-corrected chi connectivity index (χ2v) is 6.00. The average Bonchev–Trinajstić information content (AvgIpc) is 2.89. The first-order valence-electron chi connectivity index (χ1n) is 6.26. The van der Waals surface area contributed by atoms with Gasteiger partial charge in [0.2, 0.25) is 0 Å². The lowest BCUT2D eigenvalue weighted by Gasteiger charge is -2.26. The van der Waals surface area contributed by atoms with Crippen LogP contribution in [0.4, 0.5) is 8.78 Å². The Morgan fingerprint density at radius 3 is 2.95 bits per heavy atom. The van der Waals surface area contributed by atoms with Crippen molar-refractivity contribution in [1.29, 1.82) is 0 Å². The van der Waals surface area contributed by atoms with Gasteiger partial charge in [0, 0.05) is 13.0 Å². The Bertz CT molecular complexity index is 792. The van der Waals surface area contributed by atoms with Crippen molar-refractivity contribution in [3.05, 3.63) is 43.0 Å². The normalized spacial score (nSPS) is 14.3. The topological polar surface area (TPSA) is 79.0 Å². The van der Waals surface area contributed by atoms with Crippen LogP contribution >= 0.6 is 22.9 Å². The zero-order chi connectivity index (χ0) is 15.9. The molecule has 0 atom stereocenters. The zero-order valence-electron chi connectivity index (χ0n) is 11.0. The molecule has 0 bridgehead atoms. The Balaban J connectivity index is 1.87. The summed E-state index contributed by atoms with van der Waals surface area (Å²) in [5.74, 6) is -0.521. The number of nitrogens with one attached hydrogen (secondary N) is 1. The van der Waals surface area contributed by atoms with Crippen molar-refractivity contribution >= 4 is 28.8 Å². The van der Waals surface area contributed by atoms with Crippen molar-refractivity contribution in [2.24, 2.45) is 0 Å². The second kappa shape index (κ2) is 5.73. The maximum Gasteiger partial charge on any atom is 0.283 e. The molecule has 22 heavy (non-hydrogen) atoms. The quantitative estimate of drug-likeness (QED) is 0.902. The lowest BCUT2D eigenvalue weighted by atomic mass is 10.1. The number of thiazole rings is 1. The number of carbonyl (C=O) groups excluding carboxylic acids is 1. The van der Waals surface area contributed by atoms with Crippen molar-refractivity contribution in [2.75, 3.05) is 6.54 Å². The molecule has 0 fully saturated rings. The number of rotatable bonds is 2.